The largest absolute Gasteiger partial charge is 0.346 e. The molecule has 0 bridgehead atoms. The quantitative estimate of drug-likeness (QED) is 0.385. The highest BCUT2D eigenvalue weighted by molar-refractivity contribution is 7.70. The molecule has 3 aromatic rings. The lowest BCUT2D eigenvalue weighted by Crippen LogP contribution is -2.24. The van der Waals surface area contributed by atoms with E-state index in [0.717, 1.165) is 9.88 Å². The molecule has 1 amide bonds. The number of carbonyl (C=O) groups is 1. The number of aryl methyl sites for hydroxylation is 1. The number of carbonyl (C=O) groups excluding carboxylic acids is 1. The lowest BCUT2D eigenvalue weighted by atomic mass is 10.0. The summed E-state index contributed by atoms with van der Waals surface area (Å²) in [7, 11) is -2.87. The van der Waals surface area contributed by atoms with E-state index in [0.29, 0.717) is 22.8 Å². The van der Waals surface area contributed by atoms with Crippen molar-refractivity contribution in [3.63, 3.8) is 0 Å². The number of thiazole rings is 1. The number of nitrogens with one attached hydrogen (secondary N) is 2. The zero-order chi connectivity index (χ0) is 20.1. The van der Waals surface area contributed by atoms with E-state index in [1.165, 1.54) is 23.7 Å². The van der Waals surface area contributed by atoms with Crippen LogP contribution in [0, 0.1) is 6.92 Å². The van der Waals surface area contributed by atoms with Crippen molar-refractivity contribution in [1.82, 2.24) is 25.0 Å². The van der Waals surface area contributed by atoms with Crippen LogP contribution in [-0.4, -0.2) is 29.3 Å². The molecule has 0 aliphatic heterocycles. The first kappa shape index (κ1) is 20.3. The average molecular weight is 438 g/mol. The van der Waals surface area contributed by atoms with Gasteiger partial charge in [0.05, 0.1) is 17.6 Å². The summed E-state index contributed by atoms with van der Waals surface area (Å²) < 4.78 is 24.9. The van der Waals surface area contributed by atoms with Gasteiger partial charge in [-0.05, 0) is 30.2 Å². The number of thiol groups is 1. The minimum Gasteiger partial charge on any atom is -0.346 e. The van der Waals surface area contributed by atoms with E-state index in [2.05, 4.69) is 25.0 Å². The lowest BCUT2D eigenvalue weighted by Gasteiger charge is -2.16. The molecule has 3 rings (SSSR count). The predicted molar refractivity (Wildman–Crippen MR) is 107 cm³/mol. The van der Waals surface area contributed by atoms with Gasteiger partial charge in [-0.2, -0.15) is 0 Å². The summed E-state index contributed by atoms with van der Waals surface area (Å²) in [4.78, 5) is 25.5. The van der Waals surface area contributed by atoms with Crippen molar-refractivity contribution < 1.29 is 13.2 Å². The third-order valence-corrected chi connectivity index (χ3v) is 5.37. The molecule has 0 fully saturated rings. The fourth-order valence-corrected chi connectivity index (χ4v) is 3.82. The molecule has 28 heavy (non-hydrogen) atoms. The smallest absolute Gasteiger partial charge is 0.270 e. The van der Waals surface area contributed by atoms with Gasteiger partial charge >= 0.3 is 0 Å². The van der Waals surface area contributed by atoms with Crippen molar-refractivity contribution in [1.29, 1.82) is 0 Å². The average Bonchev–Trinajstić information content (AvgIpc) is 3.10. The Kier molecular flexibility index (Phi) is 6.68. The number of rotatable bonds is 7. The lowest BCUT2D eigenvalue weighted by molar-refractivity contribution is 0.0946. The van der Waals surface area contributed by atoms with Crippen LogP contribution in [0.2, 0.25) is 5.15 Å². The molecule has 146 valence electrons. The second kappa shape index (κ2) is 9.20. The number of hydrogen-bond acceptors (Lipinski definition) is 7. The number of nitrogens with zero attached hydrogens (tertiary/aromatic N) is 3. The number of hydrogen-bond donors (Lipinski definition) is 3. The molecule has 0 radical (unpaired) electrons. The van der Waals surface area contributed by atoms with E-state index in [1.54, 1.807) is 30.5 Å². The van der Waals surface area contributed by atoms with Crippen LogP contribution in [0.15, 0.2) is 42.9 Å². The molecule has 1 unspecified atom stereocenters. The van der Waals surface area contributed by atoms with Crippen LogP contribution in [-0.2, 0) is 17.4 Å². The molecule has 3 aromatic heterocycles. The Hall–Kier alpha value is -2.40. The first-order valence-electron chi connectivity index (χ1n) is 8.10. The van der Waals surface area contributed by atoms with E-state index >= 15 is 0 Å². The molecule has 8 nitrogen and oxygen atoms in total. The molecular formula is C17H16ClN5O3S2. The molecule has 0 aliphatic carbocycles. The summed E-state index contributed by atoms with van der Waals surface area (Å²) in [5.74, 6) is -0.329. The van der Waals surface area contributed by atoms with Crippen LogP contribution in [0.25, 0.3) is 0 Å². The highest BCUT2D eigenvalue weighted by atomic mass is 35.5. The predicted octanol–water partition coefficient (Wildman–Crippen LogP) is 2.03. The fraction of sp³-hybridized carbons (Fsp3) is 0.176. The van der Waals surface area contributed by atoms with Gasteiger partial charge in [-0.25, -0.2) is 23.1 Å². The number of aromatic nitrogens is 3. The van der Waals surface area contributed by atoms with Crippen molar-refractivity contribution in [3.8, 4) is 0 Å². The van der Waals surface area contributed by atoms with Gasteiger partial charge in [0.15, 0.2) is 0 Å². The maximum Gasteiger partial charge on any atom is 0.270 e. The van der Waals surface area contributed by atoms with Gasteiger partial charge in [0.1, 0.15) is 10.8 Å². The van der Waals surface area contributed by atoms with Gasteiger partial charge in [-0.3, -0.25) is 9.78 Å². The zero-order valence-electron chi connectivity index (χ0n) is 14.6. The third kappa shape index (κ3) is 5.32. The second-order valence-electron chi connectivity index (χ2n) is 5.74. The molecule has 0 aromatic carbocycles. The van der Waals surface area contributed by atoms with Crippen molar-refractivity contribution in [2.75, 3.05) is 0 Å². The molecule has 1 atom stereocenters. The summed E-state index contributed by atoms with van der Waals surface area (Å²) >= 11 is 7.30. The summed E-state index contributed by atoms with van der Waals surface area (Å²) in [6.45, 7) is 2.26. The summed E-state index contributed by atoms with van der Waals surface area (Å²) in [6, 6.07) is 5.74. The molecule has 3 heterocycles. The molecule has 0 spiro atoms. The minimum absolute atomic E-state index is 0.226. The molecule has 11 heteroatoms. The highest BCUT2D eigenvalue weighted by Crippen LogP contribution is 2.22. The van der Waals surface area contributed by atoms with Crippen molar-refractivity contribution in [3.05, 3.63) is 74.7 Å². The van der Waals surface area contributed by atoms with Crippen LogP contribution in [0.5, 0.6) is 0 Å². The van der Waals surface area contributed by atoms with E-state index < -0.39 is 16.9 Å². The van der Waals surface area contributed by atoms with E-state index in [1.807, 2.05) is 6.92 Å². The van der Waals surface area contributed by atoms with Gasteiger partial charge in [-0.15, -0.1) is 11.3 Å². The summed E-state index contributed by atoms with van der Waals surface area (Å²) in [5.41, 5.74) is 1.39. The number of pyridine rings is 2. The SMILES string of the molecule is Cc1ncc(CNC(=O)c2ccc(C(N[SH](=O)=O)c3ccc(Cl)nc3)cn2)s1. The topological polar surface area (TPSA) is 114 Å². The van der Waals surface area contributed by atoms with E-state index in [4.69, 9.17) is 11.6 Å². The first-order chi connectivity index (χ1) is 13.4. The monoisotopic (exact) mass is 437 g/mol. The van der Waals surface area contributed by atoms with Crippen LogP contribution >= 0.6 is 22.9 Å². The summed E-state index contributed by atoms with van der Waals surface area (Å²) in [6.07, 6.45) is 4.66. The molecule has 0 saturated carbocycles. The van der Waals surface area contributed by atoms with Crippen LogP contribution < -0.4 is 10.0 Å². The third-order valence-electron chi connectivity index (χ3n) is 3.76. The molecule has 0 aliphatic rings. The Balaban J connectivity index is 1.74. The maximum atomic E-state index is 12.3. The second-order valence-corrected chi connectivity index (χ2v) is 8.22. The standard InChI is InChI=1S/C17H16ClN5O3S2/c1-10-19-8-13(27-10)9-22-17(24)14-4-2-11(6-20-14)16(23-28(25)26)12-3-5-15(18)21-7-12/h2-8,16,28H,9H2,1H3,(H,22,24)(H,23,25,26). The van der Waals surface area contributed by atoms with Crippen molar-refractivity contribution in [2.24, 2.45) is 0 Å². The fourth-order valence-electron chi connectivity index (χ4n) is 2.46. The van der Waals surface area contributed by atoms with Gasteiger partial charge in [-0.1, -0.05) is 23.7 Å². The summed E-state index contributed by atoms with van der Waals surface area (Å²) in [5, 5.41) is 4.01. The Bertz CT molecular complexity index is 1030. The van der Waals surface area contributed by atoms with Gasteiger partial charge in [0.25, 0.3) is 5.91 Å². The van der Waals surface area contributed by atoms with Crippen molar-refractivity contribution >= 4 is 39.7 Å². The first-order valence-corrected chi connectivity index (χ1v) is 10.5. The highest BCUT2D eigenvalue weighted by Gasteiger charge is 2.17. The van der Waals surface area contributed by atoms with Crippen LogP contribution in [0.4, 0.5) is 0 Å². The van der Waals surface area contributed by atoms with Crippen LogP contribution in [0.1, 0.15) is 37.5 Å². The number of halogens is 1. The van der Waals surface area contributed by atoms with Gasteiger partial charge < -0.3 is 5.32 Å². The Labute approximate surface area is 172 Å². The van der Waals surface area contributed by atoms with Crippen LogP contribution in [0.3, 0.4) is 0 Å². The molecule has 2 N–H and O–H groups in total. The maximum absolute atomic E-state index is 12.3. The number of amides is 1. The minimum atomic E-state index is -2.87. The Morgan fingerprint density at radius 1 is 1.11 bits per heavy atom. The zero-order valence-corrected chi connectivity index (χ0v) is 17.1. The molecule has 0 saturated heterocycles. The van der Waals surface area contributed by atoms with Gasteiger partial charge in [0.2, 0.25) is 10.9 Å². The van der Waals surface area contributed by atoms with Crippen molar-refractivity contribution in [2.45, 2.75) is 19.5 Å². The Morgan fingerprint density at radius 2 is 1.82 bits per heavy atom. The normalized spacial score (nSPS) is 12.1. The van der Waals surface area contributed by atoms with E-state index in [-0.39, 0.29) is 11.6 Å². The Morgan fingerprint density at radius 3 is 2.36 bits per heavy atom. The molecular weight excluding hydrogens is 422 g/mol. The van der Waals surface area contributed by atoms with Gasteiger partial charge in [0, 0.05) is 23.5 Å². The van der Waals surface area contributed by atoms with E-state index in [9.17, 15) is 13.2 Å².